The van der Waals surface area contributed by atoms with Gasteiger partial charge in [0.25, 0.3) is 0 Å². The van der Waals surface area contributed by atoms with E-state index in [1.54, 1.807) is 5.32 Å². The topological polar surface area (TPSA) is 78.4 Å². The summed E-state index contributed by atoms with van der Waals surface area (Å²) < 4.78 is 35.4. The zero-order chi connectivity index (χ0) is 13.8. The Balaban J connectivity index is 2.28. The summed E-state index contributed by atoms with van der Waals surface area (Å²) in [6, 6.07) is -0.927. The first-order valence-corrected chi connectivity index (χ1v) is 5.61. The molecule has 1 aliphatic rings. The normalized spacial score (nSPS) is 23.7. The van der Waals surface area contributed by atoms with Crippen LogP contribution in [-0.4, -0.2) is 36.4 Å². The number of halogens is 3. The van der Waals surface area contributed by atoms with Crippen LogP contribution in [0, 0.1) is 11.8 Å². The molecule has 2 amide bonds. The second kappa shape index (κ2) is 5.92. The molecule has 1 saturated carbocycles. The third-order valence-electron chi connectivity index (χ3n) is 2.95. The quantitative estimate of drug-likeness (QED) is 0.720. The van der Waals surface area contributed by atoms with Gasteiger partial charge in [-0.15, -0.1) is 0 Å². The average Bonchev–Trinajstić information content (AvgIpc) is 2.70. The molecule has 0 aromatic heterocycles. The van der Waals surface area contributed by atoms with Gasteiger partial charge in [0.2, 0.25) is 0 Å². The van der Waals surface area contributed by atoms with Crippen LogP contribution in [0.3, 0.4) is 0 Å². The monoisotopic (exact) mass is 268 g/mol. The first-order valence-electron chi connectivity index (χ1n) is 5.61. The molecule has 1 rings (SSSR count). The van der Waals surface area contributed by atoms with E-state index in [4.69, 9.17) is 5.11 Å². The van der Waals surface area contributed by atoms with Crippen molar-refractivity contribution < 1.29 is 27.9 Å². The van der Waals surface area contributed by atoms with Gasteiger partial charge < -0.3 is 15.7 Å². The van der Waals surface area contributed by atoms with Crippen LogP contribution in [0.1, 0.15) is 19.3 Å². The van der Waals surface area contributed by atoms with Gasteiger partial charge in [0.1, 0.15) is 6.54 Å². The summed E-state index contributed by atoms with van der Waals surface area (Å²) in [6.07, 6.45) is -2.48. The maximum atomic E-state index is 11.8. The highest BCUT2D eigenvalue weighted by Gasteiger charge is 2.33. The minimum atomic E-state index is -4.45. The zero-order valence-electron chi connectivity index (χ0n) is 9.59. The van der Waals surface area contributed by atoms with Gasteiger partial charge in [-0.25, -0.2) is 4.79 Å². The number of hydrogen-bond donors (Lipinski definition) is 3. The lowest BCUT2D eigenvalue weighted by Gasteiger charge is -2.16. The Bertz CT molecular complexity index is 320. The van der Waals surface area contributed by atoms with Crippen molar-refractivity contribution in [1.29, 1.82) is 0 Å². The van der Waals surface area contributed by atoms with Crippen LogP contribution >= 0.6 is 0 Å². The van der Waals surface area contributed by atoms with Crippen LogP contribution in [0.25, 0.3) is 0 Å². The van der Waals surface area contributed by atoms with Gasteiger partial charge in [-0.2, -0.15) is 13.2 Å². The SMILES string of the molecule is O=C(NCC1CCCC1C(=O)O)NCC(F)(F)F. The van der Waals surface area contributed by atoms with E-state index in [2.05, 4.69) is 5.32 Å². The predicted molar refractivity (Wildman–Crippen MR) is 55.9 cm³/mol. The maximum absolute atomic E-state index is 11.8. The number of carbonyl (C=O) groups is 2. The minimum Gasteiger partial charge on any atom is -0.481 e. The van der Waals surface area contributed by atoms with Crippen molar-refractivity contribution in [2.45, 2.75) is 25.4 Å². The summed E-state index contributed by atoms with van der Waals surface area (Å²) in [5, 5.41) is 12.8. The third kappa shape index (κ3) is 4.80. The summed E-state index contributed by atoms with van der Waals surface area (Å²) in [5.41, 5.74) is 0. The molecule has 18 heavy (non-hydrogen) atoms. The summed E-state index contributed by atoms with van der Waals surface area (Å²) >= 11 is 0. The molecular weight excluding hydrogens is 253 g/mol. The number of carboxylic acid groups (broad SMARTS) is 1. The number of alkyl halides is 3. The number of carboxylic acids is 1. The molecule has 8 heteroatoms. The first-order chi connectivity index (χ1) is 8.29. The van der Waals surface area contributed by atoms with Crippen LogP contribution < -0.4 is 10.6 Å². The van der Waals surface area contributed by atoms with Crippen molar-refractivity contribution in [1.82, 2.24) is 10.6 Å². The zero-order valence-corrected chi connectivity index (χ0v) is 9.59. The number of amides is 2. The van der Waals surface area contributed by atoms with Gasteiger partial charge in [-0.3, -0.25) is 4.79 Å². The minimum absolute atomic E-state index is 0.0840. The van der Waals surface area contributed by atoms with Crippen molar-refractivity contribution >= 4 is 12.0 Å². The standard InChI is InChI=1S/C10H15F3N2O3/c11-10(12,13)5-15-9(18)14-4-6-2-1-3-7(6)8(16)17/h6-7H,1-5H2,(H,16,17)(H2,14,15,18). The van der Waals surface area contributed by atoms with E-state index in [-0.39, 0.29) is 12.5 Å². The highest BCUT2D eigenvalue weighted by molar-refractivity contribution is 5.74. The Morgan fingerprint density at radius 1 is 1.22 bits per heavy atom. The Morgan fingerprint density at radius 3 is 2.44 bits per heavy atom. The van der Waals surface area contributed by atoms with E-state index in [9.17, 15) is 22.8 Å². The number of nitrogens with one attached hydrogen (secondary N) is 2. The Labute approximate surface area is 102 Å². The second-order valence-corrected chi connectivity index (χ2v) is 4.31. The van der Waals surface area contributed by atoms with Crippen LogP contribution in [0.5, 0.6) is 0 Å². The molecule has 0 aromatic carbocycles. The largest absolute Gasteiger partial charge is 0.481 e. The van der Waals surface area contributed by atoms with E-state index < -0.39 is 30.6 Å². The summed E-state index contributed by atoms with van der Waals surface area (Å²) in [7, 11) is 0. The van der Waals surface area contributed by atoms with Crippen molar-refractivity contribution in [2.24, 2.45) is 11.8 Å². The van der Waals surface area contributed by atoms with E-state index in [0.717, 1.165) is 6.42 Å². The van der Waals surface area contributed by atoms with Crippen LogP contribution in [-0.2, 0) is 4.79 Å². The Morgan fingerprint density at radius 2 is 1.89 bits per heavy atom. The van der Waals surface area contributed by atoms with Crippen LogP contribution in [0.15, 0.2) is 0 Å². The third-order valence-corrected chi connectivity index (χ3v) is 2.95. The van der Waals surface area contributed by atoms with Crippen molar-refractivity contribution in [3.63, 3.8) is 0 Å². The summed E-state index contributed by atoms with van der Waals surface area (Å²) in [4.78, 5) is 21.9. The number of aliphatic carboxylic acids is 1. The fourth-order valence-electron chi connectivity index (χ4n) is 2.07. The smallest absolute Gasteiger partial charge is 0.405 e. The van der Waals surface area contributed by atoms with E-state index >= 15 is 0 Å². The molecule has 0 aliphatic heterocycles. The van der Waals surface area contributed by atoms with Gasteiger partial charge in [0, 0.05) is 6.54 Å². The fraction of sp³-hybridized carbons (Fsp3) is 0.800. The molecule has 104 valence electrons. The molecule has 0 heterocycles. The highest BCUT2D eigenvalue weighted by atomic mass is 19.4. The number of rotatable bonds is 4. The van der Waals surface area contributed by atoms with Gasteiger partial charge in [-0.1, -0.05) is 6.42 Å². The van der Waals surface area contributed by atoms with Gasteiger partial charge in [-0.05, 0) is 18.8 Å². The lowest BCUT2D eigenvalue weighted by molar-refractivity contribution is -0.142. The molecule has 0 saturated heterocycles. The van der Waals surface area contributed by atoms with Crippen molar-refractivity contribution in [3.8, 4) is 0 Å². The fourth-order valence-corrected chi connectivity index (χ4v) is 2.07. The molecule has 0 spiro atoms. The van der Waals surface area contributed by atoms with Gasteiger partial charge in [0.15, 0.2) is 0 Å². The van der Waals surface area contributed by atoms with E-state index in [1.165, 1.54) is 0 Å². The van der Waals surface area contributed by atoms with Crippen LogP contribution in [0.2, 0.25) is 0 Å². The van der Waals surface area contributed by atoms with Crippen LogP contribution in [0.4, 0.5) is 18.0 Å². The molecule has 2 atom stereocenters. The highest BCUT2D eigenvalue weighted by Crippen LogP contribution is 2.31. The predicted octanol–water partition coefficient (Wildman–Crippen LogP) is 1.35. The number of carbonyl (C=O) groups excluding carboxylic acids is 1. The van der Waals surface area contributed by atoms with E-state index in [1.807, 2.05) is 0 Å². The molecule has 1 fully saturated rings. The van der Waals surface area contributed by atoms with E-state index in [0.29, 0.717) is 12.8 Å². The Kier molecular flexibility index (Phi) is 4.80. The maximum Gasteiger partial charge on any atom is 0.405 e. The summed E-state index contributed by atoms with van der Waals surface area (Å²) in [6.45, 7) is -1.31. The van der Waals surface area contributed by atoms with Crippen molar-refractivity contribution in [3.05, 3.63) is 0 Å². The van der Waals surface area contributed by atoms with Crippen molar-refractivity contribution in [2.75, 3.05) is 13.1 Å². The molecule has 0 bridgehead atoms. The first kappa shape index (κ1) is 14.6. The molecular formula is C10H15F3N2O3. The molecule has 2 unspecified atom stereocenters. The molecule has 3 N–H and O–H groups in total. The molecule has 0 aromatic rings. The summed E-state index contributed by atoms with van der Waals surface area (Å²) in [5.74, 6) is -1.65. The van der Waals surface area contributed by atoms with Gasteiger partial charge >= 0.3 is 18.2 Å². The molecule has 0 radical (unpaired) electrons. The lowest BCUT2D eigenvalue weighted by atomic mass is 9.96. The second-order valence-electron chi connectivity index (χ2n) is 4.31. The number of urea groups is 1. The lowest BCUT2D eigenvalue weighted by Crippen LogP contribution is -2.43. The van der Waals surface area contributed by atoms with Gasteiger partial charge in [0.05, 0.1) is 5.92 Å². The molecule has 1 aliphatic carbocycles. The number of hydrogen-bond acceptors (Lipinski definition) is 2. The Hall–Kier alpha value is -1.47. The average molecular weight is 268 g/mol. The molecule has 5 nitrogen and oxygen atoms in total.